The van der Waals surface area contributed by atoms with E-state index in [-0.39, 0.29) is 17.1 Å². The molecule has 9 heteroatoms. The summed E-state index contributed by atoms with van der Waals surface area (Å²) in [6, 6.07) is 4.88. The van der Waals surface area contributed by atoms with Crippen molar-refractivity contribution in [1.82, 2.24) is 0 Å². The Labute approximate surface area is 131 Å². The van der Waals surface area contributed by atoms with Crippen LogP contribution in [0.1, 0.15) is 18.9 Å². The number of nitrogens with two attached hydrogens (primary N) is 1. The molecule has 0 bridgehead atoms. The first kappa shape index (κ1) is 17.4. The Morgan fingerprint density at radius 2 is 2.09 bits per heavy atom. The molecule has 0 aliphatic heterocycles. The van der Waals surface area contributed by atoms with Crippen LogP contribution >= 0.6 is 7.60 Å². The van der Waals surface area contributed by atoms with E-state index in [1.807, 2.05) is 0 Å². The van der Waals surface area contributed by atoms with Crippen molar-refractivity contribution in [2.45, 2.75) is 25.5 Å². The second kappa shape index (κ2) is 6.64. The lowest BCUT2D eigenvalue weighted by atomic mass is 10.1. The highest BCUT2D eigenvalue weighted by atomic mass is 31.2. The maximum absolute atomic E-state index is 11.8. The van der Waals surface area contributed by atoms with Crippen LogP contribution in [0.3, 0.4) is 0 Å². The number of carbonyl (C=O) groups is 1. The SMILES string of the molecule is CC[C@H](N)C(=O)Nc1ccc2c(CP(=O)(O)O)cc(=O)oc2c1. The molecule has 1 heterocycles. The van der Waals surface area contributed by atoms with Crippen molar-refractivity contribution in [3.63, 3.8) is 0 Å². The average Bonchev–Trinajstić information content (AvgIpc) is 2.44. The van der Waals surface area contributed by atoms with Gasteiger partial charge in [-0.15, -0.1) is 0 Å². The Bertz CT molecular complexity index is 841. The van der Waals surface area contributed by atoms with Crippen molar-refractivity contribution in [3.05, 3.63) is 40.2 Å². The smallest absolute Gasteiger partial charge is 0.336 e. The van der Waals surface area contributed by atoms with Crippen LogP contribution in [0, 0.1) is 0 Å². The monoisotopic (exact) mass is 340 g/mol. The number of rotatable bonds is 5. The van der Waals surface area contributed by atoms with Crippen LogP contribution in [0.2, 0.25) is 0 Å². The number of benzene rings is 1. The Balaban J connectivity index is 2.42. The van der Waals surface area contributed by atoms with E-state index in [1.54, 1.807) is 13.0 Å². The number of anilines is 1. The second-order valence-electron chi connectivity index (χ2n) is 5.13. The summed E-state index contributed by atoms with van der Waals surface area (Å²) in [6.07, 6.45) is -0.0948. The molecule has 0 radical (unpaired) electrons. The van der Waals surface area contributed by atoms with Crippen molar-refractivity contribution in [3.8, 4) is 0 Å². The Morgan fingerprint density at radius 3 is 2.70 bits per heavy atom. The van der Waals surface area contributed by atoms with Gasteiger partial charge in [-0.3, -0.25) is 9.36 Å². The van der Waals surface area contributed by atoms with Gasteiger partial charge in [0.05, 0.1) is 12.2 Å². The van der Waals surface area contributed by atoms with Gasteiger partial charge in [-0.2, -0.15) is 0 Å². The maximum Gasteiger partial charge on any atom is 0.336 e. The van der Waals surface area contributed by atoms with Gasteiger partial charge in [0.2, 0.25) is 5.91 Å². The summed E-state index contributed by atoms with van der Waals surface area (Å²) in [5, 5.41) is 2.99. The molecule has 0 fully saturated rings. The standard InChI is InChI=1S/C14H17N2O6P/c1-2-11(15)14(18)16-9-3-4-10-8(7-23(19,20)21)5-13(17)22-12(10)6-9/h3-6,11H,2,7,15H2,1H3,(H,16,18)(H2,19,20,21)/t11-/m0/s1. The van der Waals surface area contributed by atoms with Gasteiger partial charge in [0.25, 0.3) is 0 Å². The quantitative estimate of drug-likeness (QED) is 0.472. The summed E-state index contributed by atoms with van der Waals surface area (Å²) in [5.74, 6) is -0.374. The highest BCUT2D eigenvalue weighted by Gasteiger charge is 2.18. The van der Waals surface area contributed by atoms with Crippen LogP contribution in [0.15, 0.2) is 33.5 Å². The molecule has 1 amide bonds. The third kappa shape index (κ3) is 4.49. The van der Waals surface area contributed by atoms with Crippen LogP contribution in [-0.4, -0.2) is 21.7 Å². The van der Waals surface area contributed by atoms with E-state index >= 15 is 0 Å². The van der Waals surface area contributed by atoms with Gasteiger partial charge in [0.1, 0.15) is 5.58 Å². The maximum atomic E-state index is 11.8. The molecule has 0 spiro atoms. The van der Waals surface area contributed by atoms with E-state index in [0.29, 0.717) is 17.5 Å². The van der Waals surface area contributed by atoms with Gasteiger partial charge in [-0.05, 0) is 24.1 Å². The van der Waals surface area contributed by atoms with Crippen molar-refractivity contribution in [2.24, 2.45) is 5.73 Å². The fourth-order valence-corrected chi connectivity index (χ4v) is 2.79. The van der Waals surface area contributed by atoms with Crippen LogP contribution in [-0.2, 0) is 15.5 Å². The molecule has 2 rings (SSSR count). The third-order valence-electron chi connectivity index (χ3n) is 3.25. The normalized spacial score (nSPS) is 13.0. The van der Waals surface area contributed by atoms with Crippen molar-refractivity contribution in [2.75, 3.05) is 5.32 Å². The lowest BCUT2D eigenvalue weighted by Crippen LogP contribution is -2.34. The summed E-state index contributed by atoms with van der Waals surface area (Å²) in [7, 11) is -4.33. The molecule has 5 N–H and O–H groups in total. The summed E-state index contributed by atoms with van der Waals surface area (Å²) in [5.41, 5.74) is 5.59. The Hall–Kier alpha value is -1.99. The highest BCUT2D eigenvalue weighted by Crippen LogP contribution is 2.40. The van der Waals surface area contributed by atoms with E-state index < -0.39 is 25.4 Å². The second-order valence-corrected chi connectivity index (χ2v) is 6.77. The van der Waals surface area contributed by atoms with Gasteiger partial charge in [0, 0.05) is 23.2 Å². The van der Waals surface area contributed by atoms with Gasteiger partial charge in [-0.1, -0.05) is 6.92 Å². The molecule has 0 aliphatic rings. The zero-order valence-corrected chi connectivity index (χ0v) is 13.2. The van der Waals surface area contributed by atoms with Gasteiger partial charge in [0.15, 0.2) is 0 Å². The molecule has 2 aromatic rings. The average molecular weight is 340 g/mol. The Kier molecular flexibility index (Phi) is 5.01. The molecule has 0 aliphatic carbocycles. The van der Waals surface area contributed by atoms with Gasteiger partial charge < -0.3 is 25.3 Å². The first-order valence-corrected chi connectivity index (χ1v) is 8.67. The highest BCUT2D eigenvalue weighted by molar-refractivity contribution is 7.50. The molecule has 1 atom stereocenters. The number of hydrogen-bond acceptors (Lipinski definition) is 5. The zero-order chi connectivity index (χ0) is 17.2. The van der Waals surface area contributed by atoms with Crippen LogP contribution < -0.4 is 16.7 Å². The van der Waals surface area contributed by atoms with Crippen molar-refractivity contribution in [1.29, 1.82) is 0 Å². The lowest BCUT2D eigenvalue weighted by Gasteiger charge is -2.11. The lowest BCUT2D eigenvalue weighted by molar-refractivity contribution is -0.117. The van der Waals surface area contributed by atoms with Crippen LogP contribution in [0.25, 0.3) is 11.0 Å². The molecular formula is C14H17N2O6P. The predicted molar refractivity (Wildman–Crippen MR) is 85.1 cm³/mol. The third-order valence-corrected chi connectivity index (χ3v) is 4.00. The van der Waals surface area contributed by atoms with Gasteiger partial charge in [-0.25, -0.2) is 4.79 Å². The number of carbonyl (C=O) groups excluding carboxylic acids is 1. The first-order chi connectivity index (χ1) is 10.7. The summed E-state index contributed by atoms with van der Waals surface area (Å²) < 4.78 is 16.2. The topological polar surface area (TPSA) is 143 Å². The van der Waals surface area contributed by atoms with E-state index in [0.717, 1.165) is 6.07 Å². The molecule has 1 aromatic carbocycles. The van der Waals surface area contributed by atoms with Gasteiger partial charge >= 0.3 is 13.2 Å². The molecule has 124 valence electrons. The first-order valence-electron chi connectivity index (χ1n) is 6.87. The minimum atomic E-state index is -4.33. The van der Waals surface area contributed by atoms with Crippen LogP contribution in [0.5, 0.6) is 0 Å². The largest absolute Gasteiger partial charge is 0.423 e. The number of hydrogen-bond donors (Lipinski definition) is 4. The minimum absolute atomic E-state index is 0.129. The van der Waals surface area contributed by atoms with E-state index in [4.69, 9.17) is 19.9 Å². The molecule has 1 aromatic heterocycles. The molecule has 0 unspecified atom stereocenters. The number of fused-ring (bicyclic) bond motifs is 1. The van der Waals surface area contributed by atoms with Crippen LogP contribution in [0.4, 0.5) is 5.69 Å². The zero-order valence-electron chi connectivity index (χ0n) is 12.4. The Morgan fingerprint density at radius 1 is 1.39 bits per heavy atom. The molecule has 0 saturated carbocycles. The molecule has 0 saturated heterocycles. The van der Waals surface area contributed by atoms with E-state index in [9.17, 15) is 14.2 Å². The van der Waals surface area contributed by atoms with E-state index in [1.165, 1.54) is 12.1 Å². The summed E-state index contributed by atoms with van der Waals surface area (Å²) in [6.45, 7) is 1.78. The molecule has 23 heavy (non-hydrogen) atoms. The predicted octanol–water partition coefficient (Wildman–Crippen LogP) is 1.15. The molecular weight excluding hydrogens is 323 g/mol. The number of nitrogens with one attached hydrogen (secondary N) is 1. The molecule has 8 nitrogen and oxygen atoms in total. The van der Waals surface area contributed by atoms with E-state index in [2.05, 4.69) is 5.32 Å². The minimum Gasteiger partial charge on any atom is -0.423 e. The fraction of sp³-hybridized carbons (Fsp3) is 0.286. The van der Waals surface area contributed by atoms with Crippen molar-refractivity contribution < 1.29 is 23.6 Å². The summed E-state index contributed by atoms with van der Waals surface area (Å²) in [4.78, 5) is 41.5. The number of amides is 1. The van der Waals surface area contributed by atoms with Crippen molar-refractivity contribution >= 4 is 30.2 Å². The fourth-order valence-electron chi connectivity index (χ4n) is 2.08. The summed E-state index contributed by atoms with van der Waals surface area (Å²) >= 11 is 0.